The van der Waals surface area contributed by atoms with E-state index in [1.54, 1.807) is 59.5 Å². The molecule has 9 nitrogen and oxygen atoms in total. The summed E-state index contributed by atoms with van der Waals surface area (Å²) in [7, 11) is 0. The van der Waals surface area contributed by atoms with E-state index in [2.05, 4.69) is 0 Å². The second-order valence-corrected chi connectivity index (χ2v) is 10.6. The molecule has 1 aliphatic heterocycles. The van der Waals surface area contributed by atoms with Gasteiger partial charge in [-0.3, -0.25) is 9.59 Å². The Morgan fingerprint density at radius 3 is 2.28 bits per heavy atom. The van der Waals surface area contributed by atoms with Crippen molar-refractivity contribution in [1.29, 1.82) is 0 Å². The lowest BCUT2D eigenvalue weighted by Crippen LogP contribution is -2.36. The molecule has 1 saturated heterocycles. The van der Waals surface area contributed by atoms with Gasteiger partial charge >= 0.3 is 5.97 Å². The van der Waals surface area contributed by atoms with Crippen molar-refractivity contribution < 1.29 is 33.7 Å². The third-order valence-electron chi connectivity index (χ3n) is 7.89. The number of phenols is 2. The number of rotatable bonds is 7. The molecular weight excluding hydrogens is 550 g/mol. The molecule has 0 bridgehead atoms. The first kappa shape index (κ1) is 27.8. The number of nitrogens with zero attached hydrogens (tertiary/aromatic N) is 1. The normalized spacial score (nSPS) is 14.1. The zero-order chi connectivity index (χ0) is 30.1. The van der Waals surface area contributed by atoms with Gasteiger partial charge in [0.05, 0.1) is 11.5 Å². The number of phenolic OH excluding ortho intramolecular Hbond substituents is 2. The summed E-state index contributed by atoms with van der Waals surface area (Å²) in [6.45, 7) is 1.22. The van der Waals surface area contributed by atoms with Gasteiger partial charge in [0.2, 0.25) is 5.91 Å². The molecule has 0 unspecified atom stereocenters. The second-order valence-electron chi connectivity index (χ2n) is 10.6. The number of fused-ring (bicyclic) bond motifs is 1. The van der Waals surface area contributed by atoms with Gasteiger partial charge in [0.15, 0.2) is 5.43 Å². The number of likely N-dealkylation sites (tertiary alicyclic amines) is 1. The fraction of sp³-hybridized carbons (Fsp3) is 0.206. The number of benzene rings is 3. The van der Waals surface area contributed by atoms with E-state index in [1.165, 1.54) is 12.1 Å². The SMILES string of the molecule is O=C(O)c1ccccc1-c1ccc([C@H](CC(=O)N2CCCCC2)c2c(O)cc(O)c3c(=O)cc(-c4ccccc4)oc23)o1. The van der Waals surface area contributed by atoms with Crippen molar-refractivity contribution in [3.63, 3.8) is 0 Å². The molecule has 0 aliphatic carbocycles. The van der Waals surface area contributed by atoms with Crippen LogP contribution in [0.1, 0.15) is 53.3 Å². The van der Waals surface area contributed by atoms with Crippen LogP contribution in [0.15, 0.2) is 92.5 Å². The van der Waals surface area contributed by atoms with Crippen LogP contribution in [0.5, 0.6) is 11.5 Å². The molecule has 9 heteroatoms. The van der Waals surface area contributed by atoms with E-state index in [1.807, 2.05) is 6.07 Å². The van der Waals surface area contributed by atoms with E-state index < -0.39 is 23.1 Å². The highest BCUT2D eigenvalue weighted by molar-refractivity contribution is 5.95. The molecule has 1 fully saturated rings. The van der Waals surface area contributed by atoms with Gasteiger partial charge < -0.3 is 29.1 Å². The Bertz CT molecular complexity index is 1880. The predicted molar refractivity (Wildman–Crippen MR) is 159 cm³/mol. The second kappa shape index (κ2) is 11.5. The molecule has 5 aromatic rings. The lowest BCUT2D eigenvalue weighted by molar-refractivity contribution is -0.132. The molecule has 1 aliphatic rings. The minimum absolute atomic E-state index is 0.0424. The quantitative estimate of drug-likeness (QED) is 0.202. The maximum Gasteiger partial charge on any atom is 0.336 e. The van der Waals surface area contributed by atoms with Crippen molar-refractivity contribution >= 4 is 22.8 Å². The van der Waals surface area contributed by atoms with E-state index in [9.17, 15) is 29.7 Å². The van der Waals surface area contributed by atoms with Crippen LogP contribution in [0.4, 0.5) is 0 Å². The van der Waals surface area contributed by atoms with Gasteiger partial charge in [0.25, 0.3) is 0 Å². The molecule has 1 atom stereocenters. The molecule has 0 radical (unpaired) electrons. The Balaban J connectivity index is 1.55. The summed E-state index contributed by atoms with van der Waals surface area (Å²) in [5, 5.41) is 31.6. The topological polar surface area (TPSA) is 141 Å². The summed E-state index contributed by atoms with van der Waals surface area (Å²) in [5.41, 5.74) is 0.530. The fourth-order valence-corrected chi connectivity index (χ4v) is 5.76. The van der Waals surface area contributed by atoms with Gasteiger partial charge in [-0.1, -0.05) is 48.5 Å². The molecule has 6 rings (SSSR count). The maximum atomic E-state index is 13.6. The first-order chi connectivity index (χ1) is 20.8. The number of furan rings is 1. The van der Waals surface area contributed by atoms with Crippen molar-refractivity contribution in [2.45, 2.75) is 31.6 Å². The number of aromatic carboxylic acids is 1. The molecule has 218 valence electrons. The molecular formula is C34H29NO8. The first-order valence-electron chi connectivity index (χ1n) is 14.1. The van der Waals surface area contributed by atoms with Crippen molar-refractivity contribution in [3.8, 4) is 34.1 Å². The number of aromatic hydroxyl groups is 2. The van der Waals surface area contributed by atoms with Crippen molar-refractivity contribution in [3.05, 3.63) is 106 Å². The van der Waals surface area contributed by atoms with Crippen LogP contribution >= 0.6 is 0 Å². The van der Waals surface area contributed by atoms with Crippen LogP contribution in [-0.4, -0.2) is 45.2 Å². The van der Waals surface area contributed by atoms with E-state index >= 15 is 0 Å². The van der Waals surface area contributed by atoms with Crippen LogP contribution in [0, 0.1) is 0 Å². The lowest BCUT2D eigenvalue weighted by atomic mass is 9.89. The number of hydrogen-bond acceptors (Lipinski definition) is 7. The molecule has 0 saturated carbocycles. The van der Waals surface area contributed by atoms with E-state index in [0.717, 1.165) is 25.3 Å². The van der Waals surface area contributed by atoms with Gasteiger partial charge in [-0.2, -0.15) is 0 Å². The molecule has 1 amide bonds. The average Bonchev–Trinajstić information content (AvgIpc) is 3.51. The van der Waals surface area contributed by atoms with Gasteiger partial charge in [0, 0.05) is 48.3 Å². The van der Waals surface area contributed by atoms with Crippen LogP contribution < -0.4 is 5.43 Å². The van der Waals surface area contributed by atoms with Crippen LogP contribution in [0.3, 0.4) is 0 Å². The van der Waals surface area contributed by atoms with Crippen molar-refractivity contribution in [2.75, 3.05) is 13.1 Å². The highest BCUT2D eigenvalue weighted by atomic mass is 16.4. The Kier molecular flexibility index (Phi) is 7.46. The average molecular weight is 580 g/mol. The lowest BCUT2D eigenvalue weighted by Gasteiger charge is -2.28. The fourth-order valence-electron chi connectivity index (χ4n) is 5.76. The number of piperidine rings is 1. The van der Waals surface area contributed by atoms with Gasteiger partial charge in [-0.05, 0) is 37.5 Å². The summed E-state index contributed by atoms with van der Waals surface area (Å²) in [6, 6.07) is 20.9. The third-order valence-corrected chi connectivity index (χ3v) is 7.89. The zero-order valence-corrected chi connectivity index (χ0v) is 23.2. The predicted octanol–water partition coefficient (Wildman–Crippen LogP) is 6.36. The standard InChI is InChI=1S/C34H29NO8/c36-24-18-25(37)32-26(38)19-29(20-9-3-1-4-10-20)43-33(32)31(24)23(17-30(39)35-15-7-2-8-16-35)28-14-13-27(42-28)21-11-5-6-12-22(21)34(40)41/h1,3-6,9-14,18-19,23,36-37H,2,7-8,15-17H2,(H,40,41)/t23-/m0/s1. The number of hydrogen-bond donors (Lipinski definition) is 3. The minimum atomic E-state index is -1.12. The third kappa shape index (κ3) is 5.37. The highest BCUT2D eigenvalue weighted by Crippen LogP contribution is 2.44. The van der Waals surface area contributed by atoms with Crippen molar-refractivity contribution in [1.82, 2.24) is 4.90 Å². The van der Waals surface area contributed by atoms with Gasteiger partial charge in [-0.15, -0.1) is 0 Å². The monoisotopic (exact) mass is 579 g/mol. The maximum absolute atomic E-state index is 13.6. The highest BCUT2D eigenvalue weighted by Gasteiger charge is 2.32. The molecule has 0 spiro atoms. The van der Waals surface area contributed by atoms with Gasteiger partial charge in [-0.25, -0.2) is 4.79 Å². The number of carboxylic acid groups (broad SMARTS) is 1. The van der Waals surface area contributed by atoms with E-state index in [4.69, 9.17) is 8.83 Å². The summed E-state index contributed by atoms with van der Waals surface area (Å²) in [5.74, 6) is -2.31. The van der Waals surface area contributed by atoms with Crippen molar-refractivity contribution in [2.24, 2.45) is 0 Å². The van der Waals surface area contributed by atoms with Crippen LogP contribution in [0.2, 0.25) is 0 Å². The largest absolute Gasteiger partial charge is 0.507 e. The summed E-state index contributed by atoms with van der Waals surface area (Å²) in [6.07, 6.45) is 2.68. The van der Waals surface area contributed by atoms with Crippen LogP contribution in [0.25, 0.3) is 33.6 Å². The summed E-state index contributed by atoms with van der Waals surface area (Å²) < 4.78 is 12.4. The molecule has 2 aromatic heterocycles. The minimum Gasteiger partial charge on any atom is -0.507 e. The Labute approximate surface area is 246 Å². The number of carbonyl (C=O) groups excluding carboxylic acids is 1. The van der Waals surface area contributed by atoms with E-state index in [0.29, 0.717) is 24.2 Å². The Hall–Kier alpha value is -5.31. The number of amides is 1. The molecule has 3 heterocycles. The summed E-state index contributed by atoms with van der Waals surface area (Å²) >= 11 is 0. The van der Waals surface area contributed by atoms with Crippen LogP contribution in [-0.2, 0) is 4.79 Å². The smallest absolute Gasteiger partial charge is 0.336 e. The molecule has 43 heavy (non-hydrogen) atoms. The Morgan fingerprint density at radius 1 is 0.814 bits per heavy atom. The number of carboxylic acids is 1. The first-order valence-corrected chi connectivity index (χ1v) is 14.1. The molecule has 3 aromatic carbocycles. The zero-order valence-electron chi connectivity index (χ0n) is 23.2. The number of carbonyl (C=O) groups is 2. The van der Waals surface area contributed by atoms with Gasteiger partial charge in [0.1, 0.15) is 39.7 Å². The van der Waals surface area contributed by atoms with E-state index in [-0.39, 0.29) is 57.5 Å². The Morgan fingerprint density at radius 2 is 1.53 bits per heavy atom. The summed E-state index contributed by atoms with van der Waals surface area (Å²) in [4.78, 5) is 40.6. The molecule has 3 N–H and O–H groups in total.